The Morgan fingerprint density at radius 3 is 2.72 bits per heavy atom. The Morgan fingerprint density at radius 1 is 1.50 bits per heavy atom. The molecule has 102 valence electrons. The summed E-state index contributed by atoms with van der Waals surface area (Å²) in [5, 5.41) is 9.16. The fraction of sp³-hybridized carbons (Fsp3) is 0.455. The van der Waals surface area contributed by atoms with Crippen molar-refractivity contribution >= 4 is 27.3 Å². The monoisotopic (exact) mass is 292 g/mol. The van der Waals surface area contributed by atoms with Crippen LogP contribution in [-0.2, 0) is 10.0 Å². The smallest absolute Gasteiger partial charge is 0.242 e. The third-order valence-corrected chi connectivity index (χ3v) is 4.28. The Morgan fingerprint density at radius 2 is 2.17 bits per heavy atom. The van der Waals surface area contributed by atoms with Crippen LogP contribution < -0.4 is 10.5 Å². The largest absolute Gasteiger partial charge is 0.399 e. The molecule has 0 aromatic heterocycles. The molecule has 4 N–H and O–H groups in total. The lowest BCUT2D eigenvalue weighted by Crippen LogP contribution is -2.25. The topological polar surface area (TPSA) is 92.4 Å². The van der Waals surface area contributed by atoms with E-state index in [2.05, 4.69) is 4.72 Å². The van der Waals surface area contributed by atoms with E-state index in [9.17, 15) is 8.42 Å². The Labute approximate surface area is 112 Å². The highest BCUT2D eigenvalue weighted by molar-refractivity contribution is 7.89. The van der Waals surface area contributed by atoms with E-state index in [0.29, 0.717) is 18.5 Å². The molecule has 0 spiro atoms. The lowest BCUT2D eigenvalue weighted by atomic mass is 10.2. The van der Waals surface area contributed by atoms with Gasteiger partial charge in [0.2, 0.25) is 10.0 Å². The van der Waals surface area contributed by atoms with E-state index < -0.39 is 16.1 Å². The molecule has 0 saturated heterocycles. The number of sulfonamides is 1. The Kier molecular flexibility index (Phi) is 5.40. The molecule has 1 aromatic carbocycles. The van der Waals surface area contributed by atoms with Crippen LogP contribution in [0.15, 0.2) is 23.1 Å². The van der Waals surface area contributed by atoms with Crippen molar-refractivity contribution in [1.82, 2.24) is 4.72 Å². The van der Waals surface area contributed by atoms with Gasteiger partial charge < -0.3 is 10.8 Å². The molecular weight excluding hydrogens is 276 g/mol. The predicted molar refractivity (Wildman–Crippen MR) is 72.0 cm³/mol. The zero-order valence-electron chi connectivity index (χ0n) is 10.1. The standard InChI is InChI=1S/C11H17ClN2O3S/c1-8(15)3-2-6-14-18(16,17)11-5-4-9(13)7-10(11)12/h4-5,7-8,14-15H,2-3,6,13H2,1H3. The van der Waals surface area contributed by atoms with E-state index >= 15 is 0 Å². The minimum atomic E-state index is -3.62. The molecule has 0 saturated carbocycles. The summed E-state index contributed by atoms with van der Waals surface area (Å²) in [5.41, 5.74) is 5.91. The minimum Gasteiger partial charge on any atom is -0.399 e. The van der Waals surface area contributed by atoms with E-state index in [1.807, 2.05) is 0 Å². The molecule has 0 bridgehead atoms. The average molecular weight is 293 g/mol. The van der Waals surface area contributed by atoms with Crippen LogP contribution in [-0.4, -0.2) is 26.2 Å². The fourth-order valence-electron chi connectivity index (χ4n) is 1.42. The maximum Gasteiger partial charge on any atom is 0.242 e. The van der Waals surface area contributed by atoms with Crippen molar-refractivity contribution in [3.8, 4) is 0 Å². The van der Waals surface area contributed by atoms with E-state index in [4.69, 9.17) is 22.4 Å². The SMILES string of the molecule is CC(O)CCCNS(=O)(=O)c1ccc(N)cc1Cl. The van der Waals surface area contributed by atoms with Crippen molar-refractivity contribution in [2.24, 2.45) is 0 Å². The van der Waals surface area contributed by atoms with Crippen LogP contribution in [0.1, 0.15) is 19.8 Å². The minimum absolute atomic E-state index is 0.00964. The molecular formula is C11H17ClN2O3S. The number of nitrogens with two attached hydrogens (primary N) is 1. The van der Waals surface area contributed by atoms with Crippen LogP contribution in [0.3, 0.4) is 0 Å². The number of nitrogens with one attached hydrogen (secondary N) is 1. The summed E-state index contributed by atoms with van der Waals surface area (Å²) in [4.78, 5) is 0.00964. The van der Waals surface area contributed by atoms with E-state index in [0.717, 1.165) is 0 Å². The Balaban J connectivity index is 2.69. The summed E-state index contributed by atoms with van der Waals surface area (Å²) in [7, 11) is -3.62. The van der Waals surface area contributed by atoms with Crippen LogP contribution in [0.25, 0.3) is 0 Å². The molecule has 0 radical (unpaired) electrons. The number of benzene rings is 1. The van der Waals surface area contributed by atoms with Crippen molar-refractivity contribution in [3.63, 3.8) is 0 Å². The van der Waals surface area contributed by atoms with Crippen molar-refractivity contribution in [1.29, 1.82) is 0 Å². The molecule has 1 aromatic rings. The van der Waals surface area contributed by atoms with Gasteiger partial charge in [0.1, 0.15) is 4.90 Å². The number of hydrogen-bond acceptors (Lipinski definition) is 4. The zero-order valence-corrected chi connectivity index (χ0v) is 11.6. The first-order chi connectivity index (χ1) is 8.33. The summed E-state index contributed by atoms with van der Waals surface area (Å²) < 4.78 is 26.2. The van der Waals surface area contributed by atoms with Gasteiger partial charge in [-0.15, -0.1) is 0 Å². The second-order valence-corrected chi connectivity index (χ2v) is 6.22. The highest BCUT2D eigenvalue weighted by Gasteiger charge is 2.17. The first kappa shape index (κ1) is 15.2. The highest BCUT2D eigenvalue weighted by Crippen LogP contribution is 2.23. The van der Waals surface area contributed by atoms with Gasteiger partial charge in [-0.25, -0.2) is 13.1 Å². The maximum absolute atomic E-state index is 11.9. The number of hydrogen-bond donors (Lipinski definition) is 3. The summed E-state index contributed by atoms with van der Waals surface area (Å²) >= 11 is 5.84. The van der Waals surface area contributed by atoms with Gasteiger partial charge in [0, 0.05) is 12.2 Å². The van der Waals surface area contributed by atoms with Crippen LogP contribution in [0.4, 0.5) is 5.69 Å². The summed E-state index contributed by atoms with van der Waals surface area (Å²) in [6, 6.07) is 4.25. The first-order valence-electron chi connectivity index (χ1n) is 5.55. The summed E-state index contributed by atoms with van der Waals surface area (Å²) in [6.45, 7) is 1.92. The van der Waals surface area contributed by atoms with Crippen molar-refractivity contribution in [3.05, 3.63) is 23.2 Å². The highest BCUT2D eigenvalue weighted by atomic mass is 35.5. The quantitative estimate of drug-likeness (QED) is 0.545. The van der Waals surface area contributed by atoms with Crippen molar-refractivity contribution in [2.75, 3.05) is 12.3 Å². The van der Waals surface area contributed by atoms with Gasteiger partial charge in [-0.3, -0.25) is 0 Å². The second kappa shape index (κ2) is 6.38. The Hall–Kier alpha value is -0.820. The summed E-state index contributed by atoms with van der Waals surface area (Å²) in [5.74, 6) is 0. The number of aliphatic hydroxyl groups is 1. The molecule has 0 aliphatic rings. The molecule has 5 nitrogen and oxygen atoms in total. The van der Waals surface area contributed by atoms with Gasteiger partial charge in [0.25, 0.3) is 0 Å². The normalized spacial score (nSPS) is 13.5. The molecule has 0 heterocycles. The van der Waals surface area contributed by atoms with Gasteiger partial charge >= 0.3 is 0 Å². The van der Waals surface area contributed by atoms with Crippen LogP contribution in [0.5, 0.6) is 0 Å². The van der Waals surface area contributed by atoms with Crippen molar-refractivity contribution in [2.45, 2.75) is 30.8 Å². The van der Waals surface area contributed by atoms with Gasteiger partial charge in [0.15, 0.2) is 0 Å². The molecule has 0 aliphatic carbocycles. The Bertz CT molecular complexity index is 503. The molecule has 1 rings (SSSR count). The molecule has 0 fully saturated rings. The molecule has 0 amide bonds. The van der Waals surface area contributed by atoms with Crippen LogP contribution in [0.2, 0.25) is 5.02 Å². The average Bonchev–Trinajstić information content (AvgIpc) is 2.23. The number of nitrogen functional groups attached to an aromatic ring is 1. The van der Waals surface area contributed by atoms with Gasteiger partial charge in [-0.05, 0) is 38.0 Å². The molecule has 0 aliphatic heterocycles. The first-order valence-corrected chi connectivity index (χ1v) is 7.42. The van der Waals surface area contributed by atoms with Crippen LogP contribution in [0, 0.1) is 0 Å². The number of halogens is 1. The van der Waals surface area contributed by atoms with E-state index in [-0.39, 0.29) is 16.5 Å². The maximum atomic E-state index is 11.9. The third-order valence-electron chi connectivity index (χ3n) is 2.34. The third kappa shape index (κ3) is 4.45. The number of rotatable bonds is 6. The predicted octanol–water partition coefficient (Wildman–Crippen LogP) is 1.36. The fourth-order valence-corrected chi connectivity index (χ4v) is 3.04. The van der Waals surface area contributed by atoms with Crippen LogP contribution >= 0.6 is 11.6 Å². The van der Waals surface area contributed by atoms with Crippen molar-refractivity contribution < 1.29 is 13.5 Å². The van der Waals surface area contributed by atoms with Gasteiger partial charge in [0.05, 0.1) is 11.1 Å². The van der Waals surface area contributed by atoms with E-state index in [1.54, 1.807) is 6.92 Å². The zero-order chi connectivity index (χ0) is 13.8. The second-order valence-electron chi connectivity index (χ2n) is 4.08. The lowest BCUT2D eigenvalue weighted by molar-refractivity contribution is 0.182. The molecule has 1 unspecified atom stereocenters. The molecule has 1 atom stereocenters. The summed E-state index contributed by atoms with van der Waals surface area (Å²) in [6.07, 6.45) is 0.663. The van der Waals surface area contributed by atoms with Gasteiger partial charge in [-0.2, -0.15) is 0 Å². The lowest BCUT2D eigenvalue weighted by Gasteiger charge is -2.09. The van der Waals surface area contributed by atoms with Gasteiger partial charge in [-0.1, -0.05) is 11.6 Å². The number of aliphatic hydroxyl groups excluding tert-OH is 1. The van der Waals surface area contributed by atoms with E-state index in [1.165, 1.54) is 18.2 Å². The molecule has 18 heavy (non-hydrogen) atoms. The number of anilines is 1. The molecule has 7 heteroatoms.